The van der Waals surface area contributed by atoms with Gasteiger partial charge in [0.15, 0.2) is 0 Å². The summed E-state index contributed by atoms with van der Waals surface area (Å²) in [5.41, 5.74) is 0. The van der Waals surface area contributed by atoms with Crippen molar-refractivity contribution >= 4 is 0 Å². The number of rotatable bonds is 5. The summed E-state index contributed by atoms with van der Waals surface area (Å²) in [5, 5.41) is 3.33. The molecule has 102 valence electrons. The quantitative estimate of drug-likeness (QED) is 0.876. The molecule has 18 heavy (non-hydrogen) atoms. The highest BCUT2D eigenvalue weighted by molar-refractivity contribution is 4.93. The monoisotopic (exact) mass is 257 g/mol. The highest BCUT2D eigenvalue weighted by Gasteiger charge is 2.20. The van der Waals surface area contributed by atoms with Crippen molar-refractivity contribution in [1.29, 1.82) is 0 Å². The van der Waals surface area contributed by atoms with Crippen molar-refractivity contribution in [2.75, 3.05) is 0 Å². The van der Waals surface area contributed by atoms with Gasteiger partial charge >= 0.3 is 6.55 Å². The Morgan fingerprint density at radius 3 is 2.78 bits per heavy atom. The number of nitrogens with zero attached hydrogens (tertiary/aromatic N) is 2. The molecule has 0 spiro atoms. The number of halogens is 2. The van der Waals surface area contributed by atoms with Crippen LogP contribution in [0.5, 0.6) is 0 Å². The van der Waals surface area contributed by atoms with E-state index in [2.05, 4.69) is 17.2 Å². The van der Waals surface area contributed by atoms with Crippen LogP contribution in [0.3, 0.4) is 0 Å². The van der Waals surface area contributed by atoms with Gasteiger partial charge in [-0.1, -0.05) is 19.3 Å². The molecule has 2 rings (SSSR count). The maximum Gasteiger partial charge on any atom is 0.319 e. The second-order valence-electron chi connectivity index (χ2n) is 5.10. The van der Waals surface area contributed by atoms with Crippen LogP contribution in [-0.2, 0) is 6.54 Å². The third kappa shape index (κ3) is 3.28. The molecule has 1 aliphatic rings. The van der Waals surface area contributed by atoms with E-state index in [9.17, 15) is 8.78 Å². The molecule has 0 radical (unpaired) electrons. The minimum absolute atomic E-state index is 0.369. The fraction of sp³-hybridized carbons (Fsp3) is 0.769. The number of imidazole rings is 1. The van der Waals surface area contributed by atoms with Crippen LogP contribution in [0, 0.1) is 5.92 Å². The van der Waals surface area contributed by atoms with Gasteiger partial charge in [0.1, 0.15) is 5.82 Å². The number of aromatic nitrogens is 2. The summed E-state index contributed by atoms with van der Waals surface area (Å²) in [5.74, 6) is 1.08. The molecule has 0 saturated heterocycles. The van der Waals surface area contributed by atoms with Gasteiger partial charge in [-0.05, 0) is 25.7 Å². The molecular formula is C13H21F2N3. The van der Waals surface area contributed by atoms with Gasteiger partial charge in [-0.2, -0.15) is 8.78 Å². The van der Waals surface area contributed by atoms with E-state index in [-0.39, 0.29) is 0 Å². The van der Waals surface area contributed by atoms with E-state index in [4.69, 9.17) is 0 Å². The van der Waals surface area contributed by atoms with Gasteiger partial charge in [0.05, 0.1) is 6.54 Å². The third-order valence-corrected chi connectivity index (χ3v) is 3.90. The average Bonchev–Trinajstić information content (AvgIpc) is 2.85. The van der Waals surface area contributed by atoms with Crippen LogP contribution in [0.15, 0.2) is 12.4 Å². The largest absolute Gasteiger partial charge is 0.319 e. The molecule has 0 aromatic carbocycles. The smallest absolute Gasteiger partial charge is 0.307 e. The van der Waals surface area contributed by atoms with E-state index < -0.39 is 6.55 Å². The summed E-state index contributed by atoms with van der Waals surface area (Å²) in [6.07, 6.45) is 9.17. The number of nitrogens with one attached hydrogen (secondary N) is 1. The maximum absolute atomic E-state index is 12.6. The first kappa shape index (κ1) is 13.5. The highest BCUT2D eigenvalue weighted by Crippen LogP contribution is 2.26. The molecule has 0 bridgehead atoms. The van der Waals surface area contributed by atoms with E-state index in [0.717, 1.165) is 4.57 Å². The molecule has 1 N–H and O–H groups in total. The molecule has 3 nitrogen and oxygen atoms in total. The van der Waals surface area contributed by atoms with Gasteiger partial charge in [-0.15, -0.1) is 0 Å². The lowest BCUT2D eigenvalue weighted by atomic mass is 9.84. The lowest BCUT2D eigenvalue weighted by Gasteiger charge is -2.28. The molecule has 1 saturated carbocycles. The molecule has 0 unspecified atom stereocenters. The van der Waals surface area contributed by atoms with Crippen molar-refractivity contribution in [2.45, 2.75) is 58.2 Å². The van der Waals surface area contributed by atoms with Crippen molar-refractivity contribution in [3.05, 3.63) is 18.2 Å². The van der Waals surface area contributed by atoms with Crippen molar-refractivity contribution in [2.24, 2.45) is 5.92 Å². The van der Waals surface area contributed by atoms with Gasteiger partial charge in [-0.25, -0.2) is 4.98 Å². The second kappa shape index (κ2) is 6.27. The van der Waals surface area contributed by atoms with Crippen LogP contribution >= 0.6 is 0 Å². The van der Waals surface area contributed by atoms with Crippen molar-refractivity contribution in [3.8, 4) is 0 Å². The molecule has 1 aromatic rings. The predicted molar refractivity (Wildman–Crippen MR) is 66.4 cm³/mol. The van der Waals surface area contributed by atoms with Crippen LogP contribution in [0.1, 0.15) is 51.4 Å². The Hall–Kier alpha value is -0.970. The van der Waals surface area contributed by atoms with Crippen molar-refractivity contribution in [1.82, 2.24) is 14.9 Å². The molecule has 1 aliphatic carbocycles. The van der Waals surface area contributed by atoms with Crippen LogP contribution in [-0.4, -0.2) is 15.6 Å². The van der Waals surface area contributed by atoms with Gasteiger partial charge in [-0.3, -0.25) is 4.57 Å². The van der Waals surface area contributed by atoms with E-state index in [1.807, 2.05) is 0 Å². The highest BCUT2D eigenvalue weighted by atomic mass is 19.3. The SMILES string of the molecule is C[C@H](NCc1nccn1C(F)F)C1CCCCC1. The number of alkyl halides is 2. The Morgan fingerprint density at radius 1 is 1.39 bits per heavy atom. The second-order valence-corrected chi connectivity index (χ2v) is 5.10. The zero-order valence-electron chi connectivity index (χ0n) is 10.8. The summed E-state index contributed by atoms with van der Waals surface area (Å²) in [6.45, 7) is 0.0509. The molecule has 0 amide bonds. The fourth-order valence-electron chi connectivity index (χ4n) is 2.71. The van der Waals surface area contributed by atoms with Gasteiger partial charge < -0.3 is 5.32 Å². The minimum Gasteiger partial charge on any atom is -0.307 e. The maximum atomic E-state index is 12.6. The van der Waals surface area contributed by atoms with E-state index >= 15 is 0 Å². The normalized spacial score (nSPS) is 19.3. The first-order chi connectivity index (χ1) is 8.68. The van der Waals surface area contributed by atoms with Crippen molar-refractivity contribution < 1.29 is 8.78 Å². The Morgan fingerprint density at radius 2 is 2.11 bits per heavy atom. The Labute approximate surface area is 107 Å². The zero-order chi connectivity index (χ0) is 13.0. The molecule has 1 fully saturated rings. The lowest BCUT2D eigenvalue weighted by Crippen LogP contribution is -2.35. The number of hydrogen-bond acceptors (Lipinski definition) is 2. The Kier molecular flexibility index (Phi) is 4.69. The first-order valence-corrected chi connectivity index (χ1v) is 6.71. The minimum atomic E-state index is -2.51. The summed E-state index contributed by atoms with van der Waals surface area (Å²) < 4.78 is 26.2. The summed E-state index contributed by atoms with van der Waals surface area (Å²) in [6, 6.07) is 0.369. The summed E-state index contributed by atoms with van der Waals surface area (Å²) in [7, 11) is 0. The van der Waals surface area contributed by atoms with E-state index in [1.54, 1.807) is 0 Å². The lowest BCUT2D eigenvalue weighted by molar-refractivity contribution is 0.0663. The topological polar surface area (TPSA) is 29.9 Å². The Bertz CT molecular complexity index is 359. The zero-order valence-corrected chi connectivity index (χ0v) is 10.8. The van der Waals surface area contributed by atoms with Gasteiger partial charge in [0.25, 0.3) is 0 Å². The summed E-state index contributed by atoms with van der Waals surface area (Å²) in [4.78, 5) is 3.97. The molecule has 1 atom stereocenters. The van der Waals surface area contributed by atoms with Crippen LogP contribution < -0.4 is 5.32 Å². The Balaban J connectivity index is 1.84. The first-order valence-electron chi connectivity index (χ1n) is 6.71. The van der Waals surface area contributed by atoms with Crippen LogP contribution in [0.25, 0.3) is 0 Å². The average molecular weight is 257 g/mol. The summed E-state index contributed by atoms with van der Waals surface area (Å²) >= 11 is 0. The predicted octanol–water partition coefficient (Wildman–Crippen LogP) is 3.34. The third-order valence-electron chi connectivity index (χ3n) is 3.90. The molecular weight excluding hydrogens is 236 g/mol. The van der Waals surface area contributed by atoms with Crippen molar-refractivity contribution in [3.63, 3.8) is 0 Å². The fourth-order valence-corrected chi connectivity index (χ4v) is 2.71. The van der Waals surface area contributed by atoms with E-state index in [0.29, 0.717) is 24.3 Å². The molecule has 1 heterocycles. The standard InChI is InChI=1S/C13H21F2N3/c1-10(11-5-3-2-4-6-11)17-9-12-16-7-8-18(12)13(14)15/h7-8,10-11,13,17H,2-6,9H2,1H3/t10-/m0/s1. The van der Waals surface area contributed by atoms with Crippen LogP contribution in [0.4, 0.5) is 8.78 Å². The molecule has 1 aromatic heterocycles. The number of hydrogen-bond donors (Lipinski definition) is 1. The molecule has 5 heteroatoms. The molecule has 0 aliphatic heterocycles. The van der Waals surface area contributed by atoms with Gasteiger partial charge in [0.2, 0.25) is 0 Å². The van der Waals surface area contributed by atoms with E-state index in [1.165, 1.54) is 44.5 Å². The van der Waals surface area contributed by atoms with Crippen LogP contribution in [0.2, 0.25) is 0 Å². The van der Waals surface area contributed by atoms with Gasteiger partial charge in [0, 0.05) is 18.4 Å².